The van der Waals surface area contributed by atoms with Gasteiger partial charge in [0.1, 0.15) is 5.69 Å². The highest BCUT2D eigenvalue weighted by molar-refractivity contribution is 5.96. The number of hydrogen-bond donors (Lipinski definition) is 0. The Labute approximate surface area is 165 Å². The third kappa shape index (κ3) is 3.78. The van der Waals surface area contributed by atoms with Gasteiger partial charge in [-0.3, -0.25) is 14.9 Å². The molecule has 1 aliphatic heterocycles. The number of aryl methyl sites for hydroxylation is 1. The van der Waals surface area contributed by atoms with Crippen molar-refractivity contribution in [3.8, 4) is 0 Å². The van der Waals surface area contributed by atoms with Gasteiger partial charge in [0, 0.05) is 57.6 Å². The topological polar surface area (TPSA) is 69.9 Å². The molecule has 3 rings (SSSR count). The van der Waals surface area contributed by atoms with Gasteiger partial charge in [-0.2, -0.15) is 0 Å². The summed E-state index contributed by atoms with van der Waals surface area (Å²) in [6, 6.07) is 11.0. The largest absolute Gasteiger partial charge is 0.372 e. The minimum absolute atomic E-state index is 0.0510. The van der Waals surface area contributed by atoms with Crippen LogP contribution in [0, 0.1) is 24.0 Å². The average Bonchev–Trinajstić information content (AvgIpc) is 2.69. The van der Waals surface area contributed by atoms with Crippen LogP contribution in [0.4, 0.5) is 17.1 Å². The molecule has 0 spiro atoms. The van der Waals surface area contributed by atoms with E-state index in [0.717, 1.165) is 13.1 Å². The summed E-state index contributed by atoms with van der Waals surface area (Å²) in [5.41, 5.74) is 4.52. The van der Waals surface area contributed by atoms with Gasteiger partial charge in [0.05, 0.1) is 4.92 Å². The number of nitro groups is 1. The van der Waals surface area contributed by atoms with Crippen LogP contribution in [0.3, 0.4) is 0 Å². The van der Waals surface area contributed by atoms with E-state index >= 15 is 0 Å². The van der Waals surface area contributed by atoms with Crippen molar-refractivity contribution in [3.63, 3.8) is 0 Å². The van der Waals surface area contributed by atoms with Crippen LogP contribution in [0.1, 0.15) is 21.5 Å². The van der Waals surface area contributed by atoms with E-state index in [1.54, 1.807) is 36.0 Å². The molecule has 0 unspecified atom stereocenters. The van der Waals surface area contributed by atoms with Crippen molar-refractivity contribution in [1.82, 2.24) is 4.90 Å². The summed E-state index contributed by atoms with van der Waals surface area (Å²) in [5, 5.41) is 11.4. The summed E-state index contributed by atoms with van der Waals surface area (Å²) in [5.74, 6) is -0.158. The molecule has 7 nitrogen and oxygen atoms in total. The molecule has 1 heterocycles. The van der Waals surface area contributed by atoms with Crippen molar-refractivity contribution in [1.29, 1.82) is 0 Å². The van der Waals surface area contributed by atoms with Crippen LogP contribution in [-0.2, 0) is 0 Å². The predicted octanol–water partition coefficient (Wildman–Crippen LogP) is 3.24. The van der Waals surface area contributed by atoms with Gasteiger partial charge in [0.15, 0.2) is 0 Å². The fraction of sp³-hybridized carbons (Fsp3) is 0.381. The predicted molar refractivity (Wildman–Crippen MR) is 111 cm³/mol. The van der Waals surface area contributed by atoms with Gasteiger partial charge >= 0.3 is 0 Å². The number of amides is 1. The Bertz CT molecular complexity index is 903. The molecule has 0 N–H and O–H groups in total. The van der Waals surface area contributed by atoms with Crippen LogP contribution in [0.2, 0.25) is 0 Å². The molecule has 2 aromatic carbocycles. The molecular formula is C21H26N4O3. The number of nitrogens with zero attached hydrogens (tertiary/aromatic N) is 4. The van der Waals surface area contributed by atoms with Crippen LogP contribution >= 0.6 is 0 Å². The Morgan fingerprint density at radius 1 is 1.07 bits per heavy atom. The molecule has 0 atom stereocenters. The second kappa shape index (κ2) is 7.88. The SMILES string of the molecule is Cc1cccc(N2CCN(C(=O)c3ccc(N(C)C)c([N+](=O)[O-])c3)CC2)c1C. The van der Waals surface area contributed by atoms with E-state index in [1.165, 1.54) is 22.9 Å². The van der Waals surface area contributed by atoms with Crippen molar-refractivity contribution in [2.75, 3.05) is 50.1 Å². The lowest BCUT2D eigenvalue weighted by molar-refractivity contribution is -0.384. The van der Waals surface area contributed by atoms with Crippen LogP contribution < -0.4 is 9.80 Å². The number of rotatable bonds is 4. The third-order valence-electron chi connectivity index (χ3n) is 5.38. The maximum Gasteiger partial charge on any atom is 0.293 e. The van der Waals surface area contributed by atoms with E-state index in [0.29, 0.717) is 24.3 Å². The van der Waals surface area contributed by atoms with Gasteiger partial charge < -0.3 is 14.7 Å². The normalized spacial score (nSPS) is 14.1. The first-order valence-electron chi connectivity index (χ1n) is 9.36. The summed E-state index contributed by atoms with van der Waals surface area (Å²) in [4.78, 5) is 29.6. The van der Waals surface area contributed by atoms with E-state index in [9.17, 15) is 14.9 Å². The molecule has 0 aliphatic carbocycles. The van der Waals surface area contributed by atoms with E-state index in [4.69, 9.17) is 0 Å². The minimum atomic E-state index is -0.440. The van der Waals surface area contributed by atoms with Crippen molar-refractivity contribution in [2.45, 2.75) is 13.8 Å². The summed E-state index contributed by atoms with van der Waals surface area (Å²) in [7, 11) is 3.49. The smallest absolute Gasteiger partial charge is 0.293 e. The van der Waals surface area contributed by atoms with E-state index in [1.807, 2.05) is 0 Å². The molecular weight excluding hydrogens is 356 g/mol. The number of nitro benzene ring substituents is 1. The fourth-order valence-electron chi connectivity index (χ4n) is 3.59. The van der Waals surface area contributed by atoms with Gasteiger partial charge in [-0.25, -0.2) is 0 Å². The molecule has 28 heavy (non-hydrogen) atoms. The van der Waals surface area contributed by atoms with Gasteiger partial charge in [0.2, 0.25) is 0 Å². The highest BCUT2D eigenvalue weighted by atomic mass is 16.6. The Kier molecular flexibility index (Phi) is 5.53. The molecule has 0 aromatic heterocycles. The lowest BCUT2D eigenvalue weighted by atomic mass is 10.1. The first-order chi connectivity index (χ1) is 13.3. The summed E-state index contributed by atoms with van der Waals surface area (Å²) in [6.07, 6.45) is 0. The van der Waals surface area contributed by atoms with Gasteiger partial charge in [0.25, 0.3) is 11.6 Å². The standard InChI is InChI=1S/C21H26N4O3/c1-15-6-5-7-18(16(15)2)23-10-12-24(13-11-23)21(26)17-8-9-19(22(3)4)20(14-17)25(27)28/h5-9,14H,10-13H2,1-4H3. The summed E-state index contributed by atoms with van der Waals surface area (Å²) >= 11 is 0. The second-order valence-corrected chi connectivity index (χ2v) is 7.35. The van der Waals surface area contributed by atoms with E-state index in [-0.39, 0.29) is 11.6 Å². The van der Waals surface area contributed by atoms with E-state index in [2.05, 4.69) is 36.9 Å². The number of carbonyl (C=O) groups excluding carboxylic acids is 1. The molecule has 1 amide bonds. The maximum atomic E-state index is 12.9. The lowest BCUT2D eigenvalue weighted by Crippen LogP contribution is -2.49. The third-order valence-corrected chi connectivity index (χ3v) is 5.38. The Morgan fingerprint density at radius 3 is 2.36 bits per heavy atom. The fourth-order valence-corrected chi connectivity index (χ4v) is 3.59. The van der Waals surface area contributed by atoms with E-state index < -0.39 is 4.92 Å². The van der Waals surface area contributed by atoms with Crippen molar-refractivity contribution >= 4 is 23.0 Å². The summed E-state index contributed by atoms with van der Waals surface area (Å²) in [6.45, 7) is 6.89. The van der Waals surface area contributed by atoms with Crippen LogP contribution in [0.15, 0.2) is 36.4 Å². The van der Waals surface area contributed by atoms with Crippen molar-refractivity contribution in [3.05, 3.63) is 63.2 Å². The quantitative estimate of drug-likeness (QED) is 0.600. The molecule has 148 valence electrons. The van der Waals surface area contributed by atoms with Crippen molar-refractivity contribution < 1.29 is 9.72 Å². The number of benzene rings is 2. The zero-order valence-corrected chi connectivity index (χ0v) is 16.8. The molecule has 0 radical (unpaired) electrons. The number of hydrogen-bond acceptors (Lipinski definition) is 5. The molecule has 1 saturated heterocycles. The number of piperazine rings is 1. The monoisotopic (exact) mass is 382 g/mol. The Hall–Kier alpha value is -3.09. The van der Waals surface area contributed by atoms with Crippen LogP contribution in [0.25, 0.3) is 0 Å². The minimum Gasteiger partial charge on any atom is -0.372 e. The molecule has 0 saturated carbocycles. The molecule has 0 bridgehead atoms. The Balaban J connectivity index is 1.74. The first kappa shape index (κ1) is 19.7. The molecule has 7 heteroatoms. The summed E-state index contributed by atoms with van der Waals surface area (Å²) < 4.78 is 0. The second-order valence-electron chi connectivity index (χ2n) is 7.35. The number of anilines is 2. The highest BCUT2D eigenvalue weighted by Crippen LogP contribution is 2.29. The molecule has 2 aromatic rings. The Morgan fingerprint density at radius 2 is 1.75 bits per heavy atom. The first-order valence-corrected chi connectivity index (χ1v) is 9.36. The zero-order valence-electron chi connectivity index (χ0n) is 16.8. The maximum absolute atomic E-state index is 12.9. The lowest BCUT2D eigenvalue weighted by Gasteiger charge is -2.37. The van der Waals surface area contributed by atoms with Crippen LogP contribution in [-0.4, -0.2) is 56.0 Å². The molecule has 1 fully saturated rings. The number of carbonyl (C=O) groups is 1. The van der Waals surface area contributed by atoms with Crippen LogP contribution in [0.5, 0.6) is 0 Å². The zero-order chi connectivity index (χ0) is 20.4. The van der Waals surface area contributed by atoms with Crippen molar-refractivity contribution in [2.24, 2.45) is 0 Å². The highest BCUT2D eigenvalue weighted by Gasteiger charge is 2.25. The van der Waals surface area contributed by atoms with Gasteiger partial charge in [-0.05, 0) is 43.2 Å². The van der Waals surface area contributed by atoms with Gasteiger partial charge in [-0.1, -0.05) is 12.1 Å². The average molecular weight is 382 g/mol. The molecule has 1 aliphatic rings. The van der Waals surface area contributed by atoms with Gasteiger partial charge in [-0.15, -0.1) is 0 Å².